The molecule has 45 heavy (non-hydrogen) atoms. The number of anilines is 1. The molecule has 1 aliphatic heterocycles. The Bertz CT molecular complexity index is 1680. The summed E-state index contributed by atoms with van der Waals surface area (Å²) in [7, 11) is -4.21. The van der Waals surface area contributed by atoms with E-state index in [1.165, 1.54) is 23.9 Å². The summed E-state index contributed by atoms with van der Waals surface area (Å²) in [5.74, 6) is -1.21. The number of rotatable bonds is 11. The first-order chi connectivity index (χ1) is 21.3. The maximum Gasteiger partial charge on any atom is 0.333 e. The van der Waals surface area contributed by atoms with Crippen LogP contribution in [0.2, 0.25) is 5.02 Å². The van der Waals surface area contributed by atoms with Crippen molar-refractivity contribution < 1.29 is 31.7 Å². The summed E-state index contributed by atoms with van der Waals surface area (Å²) in [5.41, 5.74) is 9.29. The molecule has 0 radical (unpaired) electrons. The molecule has 3 heterocycles. The van der Waals surface area contributed by atoms with Gasteiger partial charge in [-0.25, -0.2) is 15.1 Å². The summed E-state index contributed by atoms with van der Waals surface area (Å²) in [5, 5.41) is 8.95. The van der Waals surface area contributed by atoms with Gasteiger partial charge in [-0.15, -0.1) is 11.3 Å². The van der Waals surface area contributed by atoms with Crippen molar-refractivity contribution in [3.8, 4) is 0 Å². The number of aromatic nitrogens is 2. The van der Waals surface area contributed by atoms with Crippen molar-refractivity contribution in [1.82, 2.24) is 9.97 Å². The lowest BCUT2D eigenvalue weighted by molar-refractivity contribution is -0.153. The molecule has 1 saturated carbocycles. The van der Waals surface area contributed by atoms with Crippen molar-refractivity contribution in [2.75, 3.05) is 18.5 Å². The molecule has 5 atom stereocenters. The zero-order valence-corrected chi connectivity index (χ0v) is 27.5. The molecule has 0 bridgehead atoms. The largest absolute Gasteiger partial charge is 0.461 e. The molecule has 0 amide bonds. The van der Waals surface area contributed by atoms with Crippen LogP contribution in [-0.4, -0.2) is 61.5 Å². The SMILES string of the molecule is Cc1sc(C(=O)c2cncnc2NC2CC(COS(N)(=O)=O)C(OC(=O)[C@@H](N)C(C)C)C2)cc1[C@@H]1OCCc2ccc(Cl)cc21. The molecule has 3 aromatic rings. The average molecular weight is 678 g/mol. The fraction of sp³-hybridized carbons (Fsp3) is 0.467. The monoisotopic (exact) mass is 677 g/mol. The van der Waals surface area contributed by atoms with Crippen molar-refractivity contribution in [2.45, 2.75) is 64.3 Å². The summed E-state index contributed by atoms with van der Waals surface area (Å²) in [6.07, 6.45) is 3.19. The summed E-state index contributed by atoms with van der Waals surface area (Å²) >= 11 is 7.66. The zero-order chi connectivity index (χ0) is 32.5. The van der Waals surface area contributed by atoms with E-state index in [1.807, 2.05) is 31.2 Å². The number of ether oxygens (including phenoxy) is 2. The summed E-state index contributed by atoms with van der Waals surface area (Å²) in [6, 6.07) is 6.46. The topological polar surface area (TPSA) is 186 Å². The number of carbonyl (C=O) groups is 2. The van der Waals surface area contributed by atoms with Gasteiger partial charge in [-0.2, -0.15) is 8.42 Å². The van der Waals surface area contributed by atoms with E-state index in [9.17, 15) is 18.0 Å². The lowest BCUT2D eigenvalue weighted by Gasteiger charge is -2.26. The molecule has 0 spiro atoms. The molecular formula is C30H36ClN5O7S2. The van der Waals surface area contributed by atoms with Crippen molar-refractivity contribution in [2.24, 2.45) is 22.7 Å². The highest BCUT2D eigenvalue weighted by molar-refractivity contribution is 7.84. The van der Waals surface area contributed by atoms with Gasteiger partial charge in [-0.05, 0) is 60.6 Å². The maximum absolute atomic E-state index is 13.9. The maximum atomic E-state index is 13.9. The molecule has 3 unspecified atom stereocenters. The number of ketones is 1. The Morgan fingerprint density at radius 3 is 2.73 bits per heavy atom. The van der Waals surface area contributed by atoms with Gasteiger partial charge in [0.1, 0.15) is 30.4 Å². The predicted molar refractivity (Wildman–Crippen MR) is 169 cm³/mol. The highest BCUT2D eigenvalue weighted by Gasteiger charge is 2.39. The summed E-state index contributed by atoms with van der Waals surface area (Å²) < 4.78 is 39.7. The first kappa shape index (κ1) is 33.4. The van der Waals surface area contributed by atoms with E-state index in [0.29, 0.717) is 35.2 Å². The van der Waals surface area contributed by atoms with Crippen LogP contribution in [0.3, 0.4) is 0 Å². The van der Waals surface area contributed by atoms with Gasteiger partial charge in [0.05, 0.1) is 23.7 Å². The summed E-state index contributed by atoms with van der Waals surface area (Å²) in [6.45, 7) is 5.83. The Morgan fingerprint density at radius 1 is 1.22 bits per heavy atom. The van der Waals surface area contributed by atoms with E-state index >= 15 is 0 Å². The van der Waals surface area contributed by atoms with Crippen LogP contribution in [0.4, 0.5) is 5.82 Å². The van der Waals surface area contributed by atoms with Crippen molar-refractivity contribution in [3.05, 3.63) is 73.8 Å². The van der Waals surface area contributed by atoms with Crippen LogP contribution in [0.25, 0.3) is 0 Å². The summed E-state index contributed by atoms with van der Waals surface area (Å²) in [4.78, 5) is 36.4. The van der Waals surface area contributed by atoms with E-state index < -0.39 is 34.3 Å². The van der Waals surface area contributed by atoms with Gasteiger partial charge in [-0.1, -0.05) is 31.5 Å². The quantitative estimate of drug-likeness (QED) is 0.198. The minimum atomic E-state index is -4.21. The third kappa shape index (κ3) is 7.88. The molecule has 2 aromatic heterocycles. The van der Waals surface area contributed by atoms with Crippen molar-refractivity contribution in [3.63, 3.8) is 0 Å². The lowest BCUT2D eigenvalue weighted by atomic mass is 9.93. The van der Waals surface area contributed by atoms with E-state index in [-0.39, 0.29) is 36.0 Å². The minimum absolute atomic E-state index is 0.153. The Hall–Kier alpha value is -2.98. The number of fused-ring (bicyclic) bond motifs is 1. The normalized spacial score (nSPS) is 22.2. The Balaban J connectivity index is 1.35. The third-order valence-electron chi connectivity index (χ3n) is 8.14. The smallest absolute Gasteiger partial charge is 0.333 e. The molecular weight excluding hydrogens is 642 g/mol. The molecule has 2 aliphatic rings. The van der Waals surface area contributed by atoms with Crippen LogP contribution in [0.15, 0.2) is 36.8 Å². The number of thiophene rings is 1. The van der Waals surface area contributed by atoms with Gasteiger partial charge in [0.25, 0.3) is 0 Å². The molecule has 1 fully saturated rings. The number of nitrogens with zero attached hydrogens (tertiary/aromatic N) is 2. The number of halogens is 1. The molecule has 0 saturated heterocycles. The molecule has 12 nitrogen and oxygen atoms in total. The second-order valence-electron chi connectivity index (χ2n) is 11.7. The van der Waals surface area contributed by atoms with Crippen LogP contribution >= 0.6 is 22.9 Å². The second kappa shape index (κ2) is 13.8. The Morgan fingerprint density at radius 2 is 2.00 bits per heavy atom. The molecule has 15 heteroatoms. The number of hydrogen-bond donors (Lipinski definition) is 3. The first-order valence-electron chi connectivity index (χ1n) is 14.6. The fourth-order valence-electron chi connectivity index (χ4n) is 5.68. The van der Waals surface area contributed by atoms with Gasteiger partial charge < -0.3 is 20.5 Å². The number of nitrogens with two attached hydrogens (primary N) is 2. The zero-order valence-electron chi connectivity index (χ0n) is 25.1. The standard InChI is InChI=1S/C30H36ClN5O7S2/c1-15(2)26(32)30(38)43-24-10-20(8-18(24)13-42-45(33,39)40)36-29-23(12-34-14-35-29)27(37)25-11-21(16(3)44-25)28-22-9-19(31)5-4-17(22)6-7-41-28/h4-5,9,11-12,14-15,18,20,24,26,28H,6-8,10,13,32H2,1-3H3,(H2,33,39,40)(H,34,35,36)/t18?,20?,24?,26-,28-/m0/s1. The van der Waals surface area contributed by atoms with Crippen LogP contribution < -0.4 is 16.2 Å². The highest BCUT2D eigenvalue weighted by Crippen LogP contribution is 2.39. The molecule has 1 aromatic carbocycles. The van der Waals surface area contributed by atoms with Crippen molar-refractivity contribution in [1.29, 1.82) is 0 Å². The third-order valence-corrected chi connectivity index (χ3v) is 9.91. The predicted octanol–water partition coefficient (Wildman–Crippen LogP) is 3.70. The van der Waals surface area contributed by atoms with Crippen LogP contribution in [0.5, 0.6) is 0 Å². The molecule has 5 rings (SSSR count). The Kier molecular flexibility index (Phi) is 10.2. The van der Waals surface area contributed by atoms with E-state index in [2.05, 4.69) is 15.3 Å². The van der Waals surface area contributed by atoms with Gasteiger partial charge >= 0.3 is 16.3 Å². The van der Waals surface area contributed by atoms with Crippen LogP contribution in [0, 0.1) is 18.8 Å². The van der Waals surface area contributed by atoms with E-state index in [0.717, 1.165) is 28.0 Å². The number of esters is 1. The van der Waals surface area contributed by atoms with Gasteiger partial charge in [0.15, 0.2) is 0 Å². The van der Waals surface area contributed by atoms with E-state index in [4.69, 9.17) is 36.1 Å². The van der Waals surface area contributed by atoms with Crippen LogP contribution in [-0.2, 0) is 35.2 Å². The lowest BCUT2D eigenvalue weighted by Crippen LogP contribution is -2.40. The van der Waals surface area contributed by atoms with E-state index in [1.54, 1.807) is 13.8 Å². The van der Waals surface area contributed by atoms with Crippen LogP contribution in [0.1, 0.15) is 69.6 Å². The Labute approximate surface area is 271 Å². The highest BCUT2D eigenvalue weighted by atomic mass is 35.5. The number of hydrogen-bond acceptors (Lipinski definition) is 12. The first-order valence-corrected chi connectivity index (χ1v) is 17.2. The number of aryl methyl sites for hydroxylation is 1. The second-order valence-corrected chi connectivity index (χ2v) is 14.6. The van der Waals surface area contributed by atoms with Gasteiger partial charge in [0.2, 0.25) is 5.78 Å². The molecule has 1 aliphatic carbocycles. The minimum Gasteiger partial charge on any atom is -0.461 e. The number of nitrogens with one attached hydrogen (secondary N) is 1. The van der Waals surface area contributed by atoms with Crippen molar-refractivity contribution >= 4 is 50.8 Å². The van der Waals surface area contributed by atoms with Gasteiger partial charge in [0, 0.05) is 34.5 Å². The number of benzene rings is 1. The fourth-order valence-corrected chi connectivity index (χ4v) is 7.23. The van der Waals surface area contributed by atoms with Gasteiger partial charge in [-0.3, -0.25) is 13.8 Å². The molecule has 242 valence electrons. The molecule has 5 N–H and O–H groups in total. The number of carbonyl (C=O) groups excluding carboxylic acids is 2. The average Bonchev–Trinajstić information content (AvgIpc) is 3.57.